The first kappa shape index (κ1) is 16.1. The molecule has 0 saturated heterocycles. The van der Waals surface area contributed by atoms with Crippen molar-refractivity contribution in [1.82, 2.24) is 20.2 Å². The van der Waals surface area contributed by atoms with Crippen molar-refractivity contribution in [2.45, 2.75) is 25.8 Å². The topological polar surface area (TPSA) is 53.1 Å². The number of rotatable bonds is 9. The Hall–Kier alpha value is -1.72. The molecule has 0 spiro atoms. The number of fused-ring (bicyclic) bond motifs is 1. The fourth-order valence-electron chi connectivity index (χ4n) is 2.85. The Bertz CT molecular complexity index is 638. The molecule has 23 heavy (non-hydrogen) atoms. The Morgan fingerprint density at radius 3 is 2.78 bits per heavy atom. The molecule has 1 aromatic heterocycles. The van der Waals surface area contributed by atoms with E-state index in [4.69, 9.17) is 9.97 Å². The van der Waals surface area contributed by atoms with Crippen molar-refractivity contribution >= 4 is 16.7 Å². The predicted octanol–water partition coefficient (Wildman–Crippen LogP) is 2.49. The van der Waals surface area contributed by atoms with Gasteiger partial charge in [0.15, 0.2) is 0 Å². The van der Waals surface area contributed by atoms with E-state index in [1.54, 1.807) is 0 Å². The van der Waals surface area contributed by atoms with Gasteiger partial charge in [-0.15, -0.1) is 0 Å². The summed E-state index contributed by atoms with van der Waals surface area (Å²) in [7, 11) is 4.14. The number of benzene rings is 1. The maximum absolute atomic E-state index is 4.78. The van der Waals surface area contributed by atoms with Crippen LogP contribution in [0.2, 0.25) is 0 Å². The number of nitrogens with one attached hydrogen (secondary N) is 2. The lowest BCUT2D eigenvalue weighted by atomic mass is 10.2. The molecule has 1 aliphatic rings. The van der Waals surface area contributed by atoms with Crippen molar-refractivity contribution in [1.29, 1.82) is 0 Å². The number of aromatic nitrogens is 2. The zero-order chi connectivity index (χ0) is 16.1. The third-order valence-electron chi connectivity index (χ3n) is 4.22. The molecule has 2 aromatic rings. The van der Waals surface area contributed by atoms with Gasteiger partial charge in [-0.2, -0.15) is 0 Å². The molecule has 2 N–H and O–H groups in total. The number of hydrogen-bond donors (Lipinski definition) is 2. The number of anilines is 1. The van der Waals surface area contributed by atoms with Crippen molar-refractivity contribution in [3.63, 3.8) is 0 Å². The van der Waals surface area contributed by atoms with Crippen LogP contribution in [-0.2, 0) is 6.54 Å². The lowest BCUT2D eigenvalue weighted by Crippen LogP contribution is -2.22. The first-order valence-corrected chi connectivity index (χ1v) is 8.59. The Morgan fingerprint density at radius 2 is 2.00 bits per heavy atom. The number of hydrogen-bond acceptors (Lipinski definition) is 5. The molecule has 5 nitrogen and oxygen atoms in total. The third kappa shape index (κ3) is 4.62. The molecule has 1 saturated carbocycles. The van der Waals surface area contributed by atoms with E-state index in [1.807, 2.05) is 19.2 Å². The van der Waals surface area contributed by atoms with Crippen LogP contribution in [0.4, 0.5) is 5.82 Å². The van der Waals surface area contributed by atoms with Crippen molar-refractivity contribution in [2.75, 3.05) is 39.0 Å². The Morgan fingerprint density at radius 1 is 1.17 bits per heavy atom. The van der Waals surface area contributed by atoms with Crippen LogP contribution in [0.25, 0.3) is 10.9 Å². The summed E-state index contributed by atoms with van der Waals surface area (Å²) in [4.78, 5) is 11.9. The highest BCUT2D eigenvalue weighted by molar-refractivity contribution is 5.88. The first-order chi connectivity index (χ1) is 11.3. The average Bonchev–Trinajstić information content (AvgIpc) is 3.35. The molecule has 5 heteroatoms. The van der Waals surface area contributed by atoms with Gasteiger partial charge >= 0.3 is 0 Å². The average molecular weight is 313 g/mol. The molecule has 1 fully saturated rings. The maximum Gasteiger partial charge on any atom is 0.145 e. The maximum atomic E-state index is 4.78. The van der Waals surface area contributed by atoms with Gasteiger partial charge in [0.2, 0.25) is 0 Å². The van der Waals surface area contributed by atoms with E-state index in [9.17, 15) is 0 Å². The van der Waals surface area contributed by atoms with Gasteiger partial charge in [0.05, 0.1) is 12.1 Å². The van der Waals surface area contributed by atoms with E-state index in [2.05, 4.69) is 34.7 Å². The molecule has 0 radical (unpaired) electrons. The molecule has 0 atom stereocenters. The summed E-state index contributed by atoms with van der Waals surface area (Å²) in [6.45, 7) is 3.89. The minimum absolute atomic E-state index is 0.812. The van der Waals surface area contributed by atoms with Crippen molar-refractivity contribution in [2.24, 2.45) is 5.92 Å². The first-order valence-electron chi connectivity index (χ1n) is 8.59. The van der Waals surface area contributed by atoms with Gasteiger partial charge in [0.25, 0.3) is 0 Å². The molecule has 0 aliphatic heterocycles. The van der Waals surface area contributed by atoms with Crippen molar-refractivity contribution in [3.8, 4) is 0 Å². The van der Waals surface area contributed by atoms with E-state index < -0.39 is 0 Å². The van der Waals surface area contributed by atoms with Gasteiger partial charge in [-0.25, -0.2) is 9.97 Å². The van der Waals surface area contributed by atoms with Crippen molar-refractivity contribution < 1.29 is 0 Å². The van der Waals surface area contributed by atoms with E-state index >= 15 is 0 Å². The largest absolute Gasteiger partial charge is 0.369 e. The zero-order valence-electron chi connectivity index (χ0n) is 14.2. The SMILES string of the molecule is CNCCCNc1nc(CN(C)CC2CC2)nc2ccccc12. The van der Waals surface area contributed by atoms with Gasteiger partial charge in [0.1, 0.15) is 11.6 Å². The lowest BCUT2D eigenvalue weighted by Gasteiger charge is -2.16. The summed E-state index contributed by atoms with van der Waals surface area (Å²) < 4.78 is 0. The Balaban J connectivity index is 1.74. The molecule has 0 bridgehead atoms. The Kier molecular flexibility index (Phi) is 5.41. The van der Waals surface area contributed by atoms with Gasteiger partial charge in [-0.1, -0.05) is 12.1 Å². The van der Waals surface area contributed by atoms with Gasteiger partial charge in [0, 0.05) is 18.5 Å². The van der Waals surface area contributed by atoms with Crippen molar-refractivity contribution in [3.05, 3.63) is 30.1 Å². The number of para-hydroxylation sites is 1. The third-order valence-corrected chi connectivity index (χ3v) is 4.22. The van der Waals surface area contributed by atoms with Gasteiger partial charge < -0.3 is 10.6 Å². The smallest absolute Gasteiger partial charge is 0.145 e. The Labute approximate surface area is 138 Å². The fourth-order valence-corrected chi connectivity index (χ4v) is 2.85. The van der Waals surface area contributed by atoms with Crippen LogP contribution in [-0.4, -0.2) is 48.6 Å². The molecule has 1 aliphatic carbocycles. The van der Waals surface area contributed by atoms with E-state index in [-0.39, 0.29) is 0 Å². The molecule has 124 valence electrons. The van der Waals surface area contributed by atoms with Gasteiger partial charge in [-0.05, 0) is 58.0 Å². The summed E-state index contributed by atoms with van der Waals surface area (Å²) in [5.74, 6) is 2.75. The second-order valence-corrected chi connectivity index (χ2v) is 6.53. The summed E-state index contributed by atoms with van der Waals surface area (Å²) in [5, 5.41) is 7.76. The van der Waals surface area contributed by atoms with E-state index in [1.165, 1.54) is 12.8 Å². The minimum atomic E-state index is 0.812. The minimum Gasteiger partial charge on any atom is -0.369 e. The highest BCUT2D eigenvalue weighted by Crippen LogP contribution is 2.29. The summed E-state index contributed by atoms with van der Waals surface area (Å²) in [6, 6.07) is 8.24. The standard InChI is InChI=1S/C18H27N5/c1-19-10-5-11-20-18-15-6-3-4-7-16(15)21-17(22-18)13-23(2)12-14-8-9-14/h3-4,6-7,14,19H,5,8-13H2,1-2H3,(H,20,21,22). The normalized spacial score (nSPS) is 14.6. The van der Waals surface area contributed by atoms with E-state index in [0.29, 0.717) is 0 Å². The number of nitrogens with zero attached hydrogens (tertiary/aromatic N) is 3. The lowest BCUT2D eigenvalue weighted by molar-refractivity contribution is 0.306. The second kappa shape index (κ2) is 7.70. The second-order valence-electron chi connectivity index (χ2n) is 6.53. The van der Waals surface area contributed by atoms with Crippen LogP contribution in [0.1, 0.15) is 25.1 Å². The van der Waals surface area contributed by atoms with Crippen LogP contribution in [0, 0.1) is 5.92 Å². The van der Waals surface area contributed by atoms with Crippen LogP contribution in [0.3, 0.4) is 0 Å². The quantitative estimate of drug-likeness (QED) is 0.697. The molecule has 1 heterocycles. The van der Waals surface area contributed by atoms with Crippen LogP contribution in [0.5, 0.6) is 0 Å². The summed E-state index contributed by atoms with van der Waals surface area (Å²) in [6.07, 6.45) is 3.83. The predicted molar refractivity (Wildman–Crippen MR) is 95.6 cm³/mol. The fraction of sp³-hybridized carbons (Fsp3) is 0.556. The summed E-state index contributed by atoms with van der Waals surface area (Å²) >= 11 is 0. The van der Waals surface area contributed by atoms with Gasteiger partial charge in [-0.3, -0.25) is 4.90 Å². The van der Waals surface area contributed by atoms with E-state index in [0.717, 1.165) is 61.1 Å². The molecule has 1 aromatic carbocycles. The highest BCUT2D eigenvalue weighted by Gasteiger charge is 2.23. The van der Waals surface area contributed by atoms with Crippen LogP contribution in [0.15, 0.2) is 24.3 Å². The summed E-state index contributed by atoms with van der Waals surface area (Å²) in [5.41, 5.74) is 1.02. The molecular weight excluding hydrogens is 286 g/mol. The molecular formula is C18H27N5. The molecule has 0 amide bonds. The highest BCUT2D eigenvalue weighted by atomic mass is 15.1. The zero-order valence-corrected chi connectivity index (χ0v) is 14.2. The van der Waals surface area contributed by atoms with Crippen LogP contribution >= 0.6 is 0 Å². The monoisotopic (exact) mass is 313 g/mol. The molecule has 0 unspecified atom stereocenters. The van der Waals surface area contributed by atoms with Crippen LogP contribution < -0.4 is 10.6 Å². The molecule has 3 rings (SSSR count).